The summed E-state index contributed by atoms with van der Waals surface area (Å²) in [6, 6.07) is 5.96. The molecule has 1 aromatic rings. The molecule has 0 spiro atoms. The summed E-state index contributed by atoms with van der Waals surface area (Å²) in [5, 5.41) is 5.94. The number of hydrogen-bond donors (Lipinski definition) is 2. The minimum Gasteiger partial charge on any atom is -0.464 e. The summed E-state index contributed by atoms with van der Waals surface area (Å²) in [5.74, 6) is -0.761. The molecule has 0 saturated carbocycles. The lowest BCUT2D eigenvalue weighted by molar-refractivity contribution is -0.145. The van der Waals surface area contributed by atoms with Crippen molar-refractivity contribution in [2.75, 3.05) is 6.61 Å². The third-order valence-corrected chi connectivity index (χ3v) is 3.49. The Kier molecular flexibility index (Phi) is 8.58. The highest BCUT2D eigenvalue weighted by atomic mass is 35.5. The highest BCUT2D eigenvalue weighted by molar-refractivity contribution is 7.80. The number of esters is 1. The first-order valence-electron chi connectivity index (χ1n) is 7.52. The van der Waals surface area contributed by atoms with Gasteiger partial charge in [-0.2, -0.15) is 0 Å². The van der Waals surface area contributed by atoms with E-state index in [1.165, 1.54) is 0 Å². The molecule has 0 aromatic heterocycles. The molecule has 5 nitrogen and oxygen atoms in total. The lowest BCUT2D eigenvalue weighted by Gasteiger charge is -2.18. The Balaban J connectivity index is 2.63. The average molecular weight is 357 g/mol. The van der Waals surface area contributed by atoms with Gasteiger partial charge in [0.15, 0.2) is 5.11 Å². The number of halogens is 1. The van der Waals surface area contributed by atoms with Gasteiger partial charge in [-0.1, -0.05) is 37.4 Å². The van der Waals surface area contributed by atoms with E-state index >= 15 is 0 Å². The summed E-state index contributed by atoms with van der Waals surface area (Å²) >= 11 is 11.0. The Labute approximate surface area is 146 Å². The van der Waals surface area contributed by atoms with Crippen LogP contribution in [0.25, 0.3) is 0 Å². The lowest BCUT2D eigenvalue weighted by Crippen LogP contribution is -2.48. The van der Waals surface area contributed by atoms with Gasteiger partial charge < -0.3 is 10.1 Å². The summed E-state index contributed by atoms with van der Waals surface area (Å²) in [6.07, 6.45) is 2.38. The zero-order chi connectivity index (χ0) is 17.2. The van der Waals surface area contributed by atoms with Crippen molar-refractivity contribution in [3.05, 3.63) is 34.9 Å². The van der Waals surface area contributed by atoms with Crippen LogP contribution in [0.5, 0.6) is 0 Å². The van der Waals surface area contributed by atoms with Gasteiger partial charge in [0.05, 0.1) is 6.61 Å². The van der Waals surface area contributed by atoms with Crippen LogP contribution in [0.1, 0.15) is 43.5 Å². The normalized spacial score (nSPS) is 11.4. The predicted molar refractivity (Wildman–Crippen MR) is 94.6 cm³/mol. The van der Waals surface area contributed by atoms with Crippen LogP contribution in [0, 0.1) is 0 Å². The Morgan fingerprint density at radius 1 is 1.35 bits per heavy atom. The summed E-state index contributed by atoms with van der Waals surface area (Å²) in [4.78, 5) is 24.0. The van der Waals surface area contributed by atoms with Gasteiger partial charge in [-0.15, -0.1) is 0 Å². The number of carbonyl (C=O) groups is 2. The molecule has 0 bridgehead atoms. The predicted octanol–water partition coefficient (Wildman–Crippen LogP) is 3.07. The number of amides is 1. The second-order valence-corrected chi connectivity index (χ2v) is 5.73. The molecule has 2 N–H and O–H groups in total. The molecule has 1 unspecified atom stereocenters. The summed E-state index contributed by atoms with van der Waals surface area (Å²) in [7, 11) is 0. The van der Waals surface area contributed by atoms with Crippen LogP contribution in [-0.2, 0) is 9.53 Å². The first-order valence-corrected chi connectivity index (χ1v) is 8.30. The molecule has 126 valence electrons. The number of thiocarbonyl (C=S) groups is 1. The maximum Gasteiger partial charge on any atom is 0.328 e. The molecule has 0 aliphatic rings. The summed E-state index contributed by atoms with van der Waals surface area (Å²) < 4.78 is 5.02. The molecule has 23 heavy (non-hydrogen) atoms. The van der Waals surface area contributed by atoms with Crippen molar-refractivity contribution in [2.45, 2.75) is 39.2 Å². The highest BCUT2D eigenvalue weighted by Gasteiger charge is 2.20. The van der Waals surface area contributed by atoms with Crippen LogP contribution in [0.4, 0.5) is 0 Å². The van der Waals surface area contributed by atoms with Gasteiger partial charge in [-0.25, -0.2) is 4.79 Å². The van der Waals surface area contributed by atoms with Gasteiger partial charge in [0.2, 0.25) is 0 Å². The van der Waals surface area contributed by atoms with E-state index in [9.17, 15) is 9.59 Å². The van der Waals surface area contributed by atoms with E-state index in [1.54, 1.807) is 31.2 Å². The SMILES string of the molecule is CCCCC(NC(=S)NC(=O)c1cccc(Cl)c1)C(=O)OCC. The second-order valence-electron chi connectivity index (χ2n) is 4.88. The maximum atomic E-state index is 12.1. The van der Waals surface area contributed by atoms with Crippen molar-refractivity contribution in [3.63, 3.8) is 0 Å². The van der Waals surface area contributed by atoms with Crippen molar-refractivity contribution in [2.24, 2.45) is 0 Å². The van der Waals surface area contributed by atoms with E-state index in [1.807, 2.05) is 6.92 Å². The number of nitrogens with one attached hydrogen (secondary N) is 2. The molecule has 0 saturated heterocycles. The topological polar surface area (TPSA) is 67.4 Å². The van der Waals surface area contributed by atoms with Gasteiger partial charge in [-0.3, -0.25) is 10.1 Å². The molecule has 1 aromatic carbocycles. The monoisotopic (exact) mass is 356 g/mol. The maximum absolute atomic E-state index is 12.1. The molecular formula is C16H21ClN2O3S. The van der Waals surface area contributed by atoms with E-state index in [4.69, 9.17) is 28.6 Å². The molecular weight excluding hydrogens is 336 g/mol. The fourth-order valence-electron chi connectivity index (χ4n) is 1.90. The second kappa shape index (κ2) is 10.2. The smallest absolute Gasteiger partial charge is 0.328 e. The lowest BCUT2D eigenvalue weighted by atomic mass is 10.1. The molecule has 1 amide bonds. The number of ether oxygens (including phenoxy) is 1. The third-order valence-electron chi connectivity index (χ3n) is 3.04. The zero-order valence-corrected chi connectivity index (χ0v) is 14.8. The fraction of sp³-hybridized carbons (Fsp3) is 0.438. The van der Waals surface area contributed by atoms with Gasteiger partial charge in [0, 0.05) is 10.6 Å². The zero-order valence-electron chi connectivity index (χ0n) is 13.2. The Morgan fingerprint density at radius 3 is 2.70 bits per heavy atom. The minimum atomic E-state index is -0.568. The Morgan fingerprint density at radius 2 is 2.09 bits per heavy atom. The van der Waals surface area contributed by atoms with Gasteiger partial charge in [-0.05, 0) is 43.8 Å². The highest BCUT2D eigenvalue weighted by Crippen LogP contribution is 2.10. The number of carbonyl (C=O) groups excluding carboxylic acids is 2. The quantitative estimate of drug-likeness (QED) is 0.580. The standard InChI is InChI=1S/C16H21ClN2O3S/c1-3-5-9-13(15(21)22-4-2)18-16(23)19-14(20)11-7-6-8-12(17)10-11/h6-8,10,13H,3-5,9H2,1-2H3,(H2,18,19,20,23). The van der Waals surface area contributed by atoms with E-state index < -0.39 is 6.04 Å². The number of benzene rings is 1. The third kappa shape index (κ3) is 6.97. The van der Waals surface area contributed by atoms with E-state index in [2.05, 4.69) is 10.6 Å². The van der Waals surface area contributed by atoms with Crippen molar-refractivity contribution >= 4 is 40.8 Å². The van der Waals surface area contributed by atoms with E-state index in [0.717, 1.165) is 12.8 Å². The summed E-state index contributed by atoms with van der Waals surface area (Å²) in [6.45, 7) is 4.07. The molecule has 0 radical (unpaired) electrons. The molecule has 0 aliphatic heterocycles. The Bertz CT molecular complexity index is 566. The molecule has 7 heteroatoms. The first kappa shape index (κ1) is 19.4. The molecule has 0 heterocycles. The van der Waals surface area contributed by atoms with Gasteiger partial charge >= 0.3 is 5.97 Å². The molecule has 0 aliphatic carbocycles. The number of hydrogen-bond acceptors (Lipinski definition) is 4. The molecule has 1 rings (SSSR count). The van der Waals surface area contributed by atoms with E-state index in [-0.39, 0.29) is 17.0 Å². The minimum absolute atomic E-state index is 0.0872. The van der Waals surface area contributed by atoms with Crippen molar-refractivity contribution in [3.8, 4) is 0 Å². The average Bonchev–Trinajstić information content (AvgIpc) is 2.51. The number of rotatable bonds is 7. The Hall–Kier alpha value is -1.66. The molecule has 0 fully saturated rings. The van der Waals surface area contributed by atoms with Crippen LogP contribution in [0.15, 0.2) is 24.3 Å². The van der Waals surface area contributed by atoms with Gasteiger partial charge in [0.25, 0.3) is 5.91 Å². The van der Waals surface area contributed by atoms with Crippen molar-refractivity contribution in [1.29, 1.82) is 0 Å². The first-order chi connectivity index (χ1) is 11.0. The van der Waals surface area contributed by atoms with Crippen LogP contribution in [0.2, 0.25) is 5.02 Å². The van der Waals surface area contributed by atoms with Crippen LogP contribution < -0.4 is 10.6 Å². The van der Waals surface area contributed by atoms with E-state index in [0.29, 0.717) is 23.6 Å². The van der Waals surface area contributed by atoms with Crippen molar-refractivity contribution < 1.29 is 14.3 Å². The largest absolute Gasteiger partial charge is 0.464 e. The summed E-state index contributed by atoms with van der Waals surface area (Å²) in [5.41, 5.74) is 0.392. The van der Waals surface area contributed by atoms with Gasteiger partial charge in [0.1, 0.15) is 6.04 Å². The van der Waals surface area contributed by atoms with Crippen LogP contribution in [-0.4, -0.2) is 29.6 Å². The number of unbranched alkanes of at least 4 members (excludes halogenated alkanes) is 1. The fourth-order valence-corrected chi connectivity index (χ4v) is 2.32. The van der Waals surface area contributed by atoms with Crippen LogP contribution >= 0.6 is 23.8 Å². The van der Waals surface area contributed by atoms with Crippen LogP contribution in [0.3, 0.4) is 0 Å². The van der Waals surface area contributed by atoms with Crippen molar-refractivity contribution in [1.82, 2.24) is 10.6 Å². The molecule has 1 atom stereocenters.